The van der Waals surface area contributed by atoms with Gasteiger partial charge in [-0.2, -0.15) is 0 Å². The predicted octanol–water partition coefficient (Wildman–Crippen LogP) is 4.01. The van der Waals surface area contributed by atoms with E-state index in [1.165, 1.54) is 0 Å². The van der Waals surface area contributed by atoms with Gasteiger partial charge in [0.2, 0.25) is 0 Å². The molecule has 122 valence electrons. The van der Waals surface area contributed by atoms with Crippen LogP contribution in [0, 0.1) is 0 Å². The number of nitrogens with one attached hydrogen (secondary N) is 1. The van der Waals surface area contributed by atoms with E-state index in [2.05, 4.69) is 11.4 Å². The summed E-state index contributed by atoms with van der Waals surface area (Å²) in [5, 5.41) is 4.02. The van der Waals surface area contributed by atoms with E-state index in [0.717, 1.165) is 41.5 Å². The highest BCUT2D eigenvalue weighted by molar-refractivity contribution is 5.94. The van der Waals surface area contributed by atoms with Crippen LogP contribution in [0.1, 0.15) is 23.2 Å². The van der Waals surface area contributed by atoms with Crippen molar-refractivity contribution in [3.05, 3.63) is 60.4 Å². The van der Waals surface area contributed by atoms with E-state index < -0.39 is 0 Å². The Morgan fingerprint density at radius 3 is 2.71 bits per heavy atom. The number of fused-ring (bicyclic) bond motifs is 1. The number of benzene rings is 2. The molecule has 3 aromatic rings. The third kappa shape index (κ3) is 3.05. The number of amides is 1. The average molecular weight is 321 g/mol. The van der Waals surface area contributed by atoms with E-state index in [9.17, 15) is 4.79 Å². The molecule has 0 aliphatic carbocycles. The topological polar surface area (TPSA) is 51.5 Å². The van der Waals surface area contributed by atoms with Gasteiger partial charge in [0, 0.05) is 24.1 Å². The SMILES string of the molecule is O=C(NC[C@H]1CCCO1)c1ccc(-c2ccc3occc3c2)cc1. The fourth-order valence-electron chi connectivity index (χ4n) is 3.07. The van der Waals surface area contributed by atoms with Crippen LogP contribution in [0.5, 0.6) is 0 Å². The van der Waals surface area contributed by atoms with Gasteiger partial charge in [0.15, 0.2) is 0 Å². The molecule has 1 N–H and O–H groups in total. The Labute approximate surface area is 140 Å². The van der Waals surface area contributed by atoms with Gasteiger partial charge in [-0.3, -0.25) is 4.79 Å². The Morgan fingerprint density at radius 1 is 1.08 bits per heavy atom. The van der Waals surface area contributed by atoms with Gasteiger partial charge in [0.05, 0.1) is 12.4 Å². The molecule has 0 radical (unpaired) electrons. The van der Waals surface area contributed by atoms with Gasteiger partial charge in [-0.1, -0.05) is 18.2 Å². The van der Waals surface area contributed by atoms with Crippen LogP contribution in [0.15, 0.2) is 59.2 Å². The van der Waals surface area contributed by atoms with Gasteiger partial charge in [-0.15, -0.1) is 0 Å². The summed E-state index contributed by atoms with van der Waals surface area (Å²) in [4.78, 5) is 12.2. The third-order valence-electron chi connectivity index (χ3n) is 4.45. The van der Waals surface area contributed by atoms with Crippen LogP contribution < -0.4 is 5.32 Å². The Hall–Kier alpha value is -2.59. The molecule has 1 aliphatic heterocycles. The summed E-state index contributed by atoms with van der Waals surface area (Å²) in [5.41, 5.74) is 3.73. The number of rotatable bonds is 4. The van der Waals surface area contributed by atoms with E-state index in [-0.39, 0.29) is 12.0 Å². The maximum atomic E-state index is 12.2. The Bertz CT molecular complexity index is 845. The number of hydrogen-bond acceptors (Lipinski definition) is 3. The van der Waals surface area contributed by atoms with Crippen LogP contribution in [0.3, 0.4) is 0 Å². The van der Waals surface area contributed by atoms with Gasteiger partial charge in [-0.05, 0) is 54.3 Å². The quantitative estimate of drug-likeness (QED) is 0.790. The van der Waals surface area contributed by atoms with Crippen LogP contribution >= 0.6 is 0 Å². The van der Waals surface area contributed by atoms with Gasteiger partial charge >= 0.3 is 0 Å². The van der Waals surface area contributed by atoms with Crippen LogP contribution in [-0.4, -0.2) is 25.2 Å². The molecule has 0 bridgehead atoms. The smallest absolute Gasteiger partial charge is 0.251 e. The summed E-state index contributed by atoms with van der Waals surface area (Å²) in [7, 11) is 0. The summed E-state index contributed by atoms with van der Waals surface area (Å²) in [6.07, 6.45) is 3.96. The number of furan rings is 1. The van der Waals surface area contributed by atoms with Crippen molar-refractivity contribution < 1.29 is 13.9 Å². The summed E-state index contributed by atoms with van der Waals surface area (Å²) >= 11 is 0. The largest absolute Gasteiger partial charge is 0.464 e. The summed E-state index contributed by atoms with van der Waals surface area (Å²) in [6, 6.07) is 15.7. The first-order valence-corrected chi connectivity index (χ1v) is 8.27. The summed E-state index contributed by atoms with van der Waals surface area (Å²) in [6.45, 7) is 1.38. The van der Waals surface area contributed by atoms with E-state index in [1.54, 1.807) is 6.26 Å². The molecule has 1 aromatic heterocycles. The highest BCUT2D eigenvalue weighted by atomic mass is 16.5. The lowest BCUT2D eigenvalue weighted by Gasteiger charge is -2.11. The molecular formula is C20H19NO3. The fourth-order valence-corrected chi connectivity index (χ4v) is 3.07. The van der Waals surface area contributed by atoms with Crippen molar-refractivity contribution in [3.8, 4) is 11.1 Å². The lowest BCUT2D eigenvalue weighted by atomic mass is 10.0. The summed E-state index contributed by atoms with van der Waals surface area (Å²) < 4.78 is 10.9. The molecule has 1 aliphatic rings. The van der Waals surface area contributed by atoms with Crippen LogP contribution in [0.2, 0.25) is 0 Å². The number of carbonyl (C=O) groups excluding carboxylic acids is 1. The molecule has 1 fully saturated rings. The molecule has 0 spiro atoms. The van der Waals surface area contributed by atoms with Gasteiger partial charge in [0.25, 0.3) is 5.91 Å². The molecule has 4 heteroatoms. The maximum absolute atomic E-state index is 12.2. The van der Waals surface area contributed by atoms with E-state index >= 15 is 0 Å². The second-order valence-corrected chi connectivity index (χ2v) is 6.10. The van der Waals surface area contributed by atoms with Crippen molar-refractivity contribution in [2.75, 3.05) is 13.2 Å². The third-order valence-corrected chi connectivity index (χ3v) is 4.45. The minimum absolute atomic E-state index is 0.0534. The normalized spacial score (nSPS) is 17.2. The van der Waals surface area contributed by atoms with E-state index in [4.69, 9.17) is 9.15 Å². The first-order chi connectivity index (χ1) is 11.8. The van der Waals surface area contributed by atoms with E-state index in [1.807, 2.05) is 42.5 Å². The average Bonchev–Trinajstić information content (AvgIpc) is 3.30. The molecule has 24 heavy (non-hydrogen) atoms. The lowest BCUT2D eigenvalue weighted by molar-refractivity contribution is 0.0858. The first kappa shape index (κ1) is 15.0. The number of carbonyl (C=O) groups is 1. The second-order valence-electron chi connectivity index (χ2n) is 6.10. The predicted molar refractivity (Wildman–Crippen MR) is 93.0 cm³/mol. The highest BCUT2D eigenvalue weighted by Gasteiger charge is 2.16. The van der Waals surface area contributed by atoms with Gasteiger partial charge < -0.3 is 14.5 Å². The monoisotopic (exact) mass is 321 g/mol. The molecule has 2 heterocycles. The highest BCUT2D eigenvalue weighted by Crippen LogP contribution is 2.25. The molecule has 4 nitrogen and oxygen atoms in total. The number of hydrogen-bond donors (Lipinski definition) is 1. The fraction of sp³-hybridized carbons (Fsp3) is 0.250. The molecule has 1 amide bonds. The Morgan fingerprint density at radius 2 is 1.92 bits per heavy atom. The van der Waals surface area contributed by atoms with Crippen molar-refractivity contribution >= 4 is 16.9 Å². The minimum atomic E-state index is -0.0534. The molecule has 2 aromatic carbocycles. The van der Waals surface area contributed by atoms with Crippen molar-refractivity contribution in [2.24, 2.45) is 0 Å². The van der Waals surface area contributed by atoms with Crippen LogP contribution in [0.25, 0.3) is 22.1 Å². The van der Waals surface area contributed by atoms with Gasteiger partial charge in [-0.25, -0.2) is 0 Å². The van der Waals surface area contributed by atoms with Crippen molar-refractivity contribution in [1.29, 1.82) is 0 Å². The van der Waals surface area contributed by atoms with Crippen LogP contribution in [-0.2, 0) is 4.74 Å². The second kappa shape index (κ2) is 6.49. The zero-order valence-corrected chi connectivity index (χ0v) is 13.3. The lowest BCUT2D eigenvalue weighted by Crippen LogP contribution is -2.31. The molecule has 0 unspecified atom stereocenters. The zero-order chi connectivity index (χ0) is 16.4. The molecule has 0 saturated carbocycles. The van der Waals surface area contributed by atoms with Crippen molar-refractivity contribution in [2.45, 2.75) is 18.9 Å². The minimum Gasteiger partial charge on any atom is -0.464 e. The maximum Gasteiger partial charge on any atom is 0.251 e. The van der Waals surface area contributed by atoms with Crippen molar-refractivity contribution in [1.82, 2.24) is 5.32 Å². The van der Waals surface area contributed by atoms with Gasteiger partial charge in [0.1, 0.15) is 5.58 Å². The van der Waals surface area contributed by atoms with E-state index in [0.29, 0.717) is 12.1 Å². The van der Waals surface area contributed by atoms with Crippen molar-refractivity contribution in [3.63, 3.8) is 0 Å². The summed E-state index contributed by atoms with van der Waals surface area (Å²) in [5.74, 6) is -0.0534. The Kier molecular flexibility index (Phi) is 4.05. The number of ether oxygens (including phenoxy) is 1. The Balaban J connectivity index is 1.46. The van der Waals surface area contributed by atoms with Crippen LogP contribution in [0.4, 0.5) is 0 Å². The first-order valence-electron chi connectivity index (χ1n) is 8.27. The zero-order valence-electron chi connectivity index (χ0n) is 13.3. The standard InChI is InChI=1S/C20H19NO3/c22-20(21-13-18-2-1-10-23-18)15-5-3-14(4-6-15)16-7-8-19-17(12-16)9-11-24-19/h3-9,11-12,18H,1-2,10,13H2,(H,21,22)/t18-/m1/s1. The molecule has 1 saturated heterocycles. The molecule has 4 rings (SSSR count). The molecular weight excluding hydrogens is 302 g/mol. The molecule has 1 atom stereocenters.